The third-order valence-electron chi connectivity index (χ3n) is 2.66. The lowest BCUT2D eigenvalue weighted by molar-refractivity contribution is -0.120. The molecule has 1 amide bonds. The summed E-state index contributed by atoms with van der Waals surface area (Å²) in [5, 5.41) is 7.68. The average Bonchev–Trinajstić information content (AvgIpc) is 2.84. The number of carbonyl (C=O) groups excluding carboxylic acids is 1. The Morgan fingerprint density at radius 2 is 2.14 bits per heavy atom. The van der Waals surface area contributed by atoms with E-state index >= 15 is 0 Å². The molecule has 4 nitrogen and oxygen atoms in total. The zero-order valence-corrected chi connectivity index (χ0v) is 13.8. The van der Waals surface area contributed by atoms with Crippen molar-refractivity contribution in [3.63, 3.8) is 0 Å². The van der Waals surface area contributed by atoms with Gasteiger partial charge in [0.25, 0.3) is 0 Å². The molecule has 0 spiro atoms. The highest BCUT2D eigenvalue weighted by Gasteiger charge is 2.07. The van der Waals surface area contributed by atoms with Gasteiger partial charge in [-0.25, -0.2) is 10.4 Å². The molecule has 1 aromatic carbocycles. The maximum absolute atomic E-state index is 11.8. The summed E-state index contributed by atoms with van der Waals surface area (Å²) in [6.45, 7) is 3.68. The van der Waals surface area contributed by atoms with Crippen molar-refractivity contribution in [2.45, 2.75) is 20.3 Å². The Hall–Kier alpha value is -1.43. The Labute approximate surface area is 136 Å². The van der Waals surface area contributed by atoms with Gasteiger partial charge in [-0.3, -0.25) is 4.79 Å². The third kappa shape index (κ3) is 4.52. The molecule has 21 heavy (non-hydrogen) atoms. The quantitative estimate of drug-likeness (QED) is 0.678. The molecule has 2 rings (SSSR count). The van der Waals surface area contributed by atoms with Crippen molar-refractivity contribution in [3.05, 3.63) is 49.9 Å². The van der Waals surface area contributed by atoms with Crippen molar-refractivity contribution in [2.24, 2.45) is 5.10 Å². The molecule has 0 saturated heterocycles. The first kappa shape index (κ1) is 15.9. The van der Waals surface area contributed by atoms with E-state index in [4.69, 9.17) is 23.2 Å². The van der Waals surface area contributed by atoms with Crippen LogP contribution in [-0.4, -0.2) is 16.6 Å². The summed E-state index contributed by atoms with van der Waals surface area (Å²) in [6, 6.07) is 5.20. The van der Waals surface area contributed by atoms with E-state index in [0.717, 1.165) is 16.3 Å². The number of aromatic nitrogens is 1. The van der Waals surface area contributed by atoms with E-state index in [1.54, 1.807) is 25.1 Å². The van der Waals surface area contributed by atoms with Gasteiger partial charge < -0.3 is 0 Å². The predicted molar refractivity (Wildman–Crippen MR) is 87.4 cm³/mol. The molecule has 7 heteroatoms. The van der Waals surface area contributed by atoms with Gasteiger partial charge in [-0.2, -0.15) is 5.10 Å². The van der Waals surface area contributed by atoms with Crippen LogP contribution < -0.4 is 5.43 Å². The molecule has 0 unspecified atom stereocenters. The van der Waals surface area contributed by atoms with E-state index in [1.807, 2.05) is 12.3 Å². The number of nitrogens with one attached hydrogen (secondary N) is 1. The Balaban J connectivity index is 1.99. The third-order valence-corrected chi connectivity index (χ3v) is 4.37. The molecule has 0 radical (unpaired) electrons. The number of rotatable bonds is 4. The van der Waals surface area contributed by atoms with Gasteiger partial charge in [0.05, 0.1) is 22.2 Å². The monoisotopic (exact) mass is 341 g/mol. The molecule has 2 aromatic rings. The van der Waals surface area contributed by atoms with Crippen LogP contribution in [0.2, 0.25) is 10.0 Å². The van der Waals surface area contributed by atoms with Gasteiger partial charge in [-0.15, -0.1) is 11.3 Å². The lowest BCUT2D eigenvalue weighted by Crippen LogP contribution is -2.21. The Morgan fingerprint density at radius 1 is 1.38 bits per heavy atom. The average molecular weight is 342 g/mol. The van der Waals surface area contributed by atoms with Crippen molar-refractivity contribution in [1.82, 2.24) is 10.4 Å². The largest absolute Gasteiger partial charge is 0.273 e. The summed E-state index contributed by atoms with van der Waals surface area (Å²) in [7, 11) is 0. The number of hydrazone groups is 1. The van der Waals surface area contributed by atoms with Crippen LogP contribution in [0, 0.1) is 6.92 Å². The second-order valence-electron chi connectivity index (χ2n) is 4.42. The molecule has 0 saturated carbocycles. The van der Waals surface area contributed by atoms with Gasteiger partial charge in [0, 0.05) is 11.1 Å². The number of carbonyl (C=O) groups is 1. The van der Waals surface area contributed by atoms with Gasteiger partial charge in [-0.1, -0.05) is 29.3 Å². The van der Waals surface area contributed by atoms with Gasteiger partial charge in [0.1, 0.15) is 5.01 Å². The van der Waals surface area contributed by atoms with Crippen LogP contribution in [0.5, 0.6) is 0 Å². The topological polar surface area (TPSA) is 54.4 Å². The standard InChI is InChI=1S/C14H13Cl2N3OS/c1-8-7-21-14(17-8)6-13(20)19-18-9(2)10-3-4-11(15)12(16)5-10/h3-5,7H,6H2,1-2H3,(H,19,20)/b18-9-. The van der Waals surface area contributed by atoms with Gasteiger partial charge >= 0.3 is 0 Å². The van der Waals surface area contributed by atoms with Crippen molar-refractivity contribution in [1.29, 1.82) is 0 Å². The zero-order chi connectivity index (χ0) is 15.4. The predicted octanol–water partition coefficient (Wildman–Crippen LogP) is 3.84. The molecule has 0 aliphatic carbocycles. The summed E-state index contributed by atoms with van der Waals surface area (Å²) < 4.78 is 0. The van der Waals surface area contributed by atoms with E-state index in [9.17, 15) is 4.79 Å². The van der Waals surface area contributed by atoms with E-state index < -0.39 is 0 Å². The molecule has 0 aliphatic heterocycles. The van der Waals surface area contributed by atoms with Crippen LogP contribution in [0.1, 0.15) is 23.2 Å². The van der Waals surface area contributed by atoms with Gasteiger partial charge in [0.2, 0.25) is 5.91 Å². The number of aryl methyl sites for hydroxylation is 1. The minimum absolute atomic E-state index is 0.205. The lowest BCUT2D eigenvalue weighted by atomic mass is 10.1. The number of benzene rings is 1. The van der Waals surface area contributed by atoms with Crippen molar-refractivity contribution < 1.29 is 4.79 Å². The van der Waals surface area contributed by atoms with Crippen LogP contribution in [0.15, 0.2) is 28.7 Å². The van der Waals surface area contributed by atoms with Crippen LogP contribution in [-0.2, 0) is 11.2 Å². The number of amides is 1. The number of halogens is 2. The van der Waals surface area contributed by atoms with Crippen molar-refractivity contribution in [2.75, 3.05) is 0 Å². The minimum atomic E-state index is -0.205. The molecule has 1 N–H and O–H groups in total. The summed E-state index contributed by atoms with van der Waals surface area (Å²) in [5.41, 5.74) is 4.88. The molecule has 1 aromatic heterocycles. The normalized spacial score (nSPS) is 11.5. The zero-order valence-electron chi connectivity index (χ0n) is 11.5. The second kappa shape index (κ2) is 7.02. The Kier molecular flexibility index (Phi) is 5.33. The fourth-order valence-electron chi connectivity index (χ4n) is 1.59. The SMILES string of the molecule is C/C(=N/NC(=O)Cc1nc(C)cs1)c1ccc(Cl)c(Cl)c1. The van der Waals surface area contributed by atoms with E-state index in [-0.39, 0.29) is 12.3 Å². The van der Waals surface area contributed by atoms with Crippen LogP contribution in [0.4, 0.5) is 0 Å². The lowest BCUT2D eigenvalue weighted by Gasteiger charge is -2.03. The fraction of sp³-hybridized carbons (Fsp3) is 0.214. The molecule has 110 valence electrons. The molecular weight excluding hydrogens is 329 g/mol. The number of nitrogens with zero attached hydrogens (tertiary/aromatic N) is 2. The molecule has 0 bridgehead atoms. The van der Waals surface area contributed by atoms with Crippen molar-refractivity contribution >= 4 is 46.2 Å². The Morgan fingerprint density at radius 3 is 2.76 bits per heavy atom. The van der Waals surface area contributed by atoms with Crippen LogP contribution in [0.3, 0.4) is 0 Å². The highest BCUT2D eigenvalue weighted by molar-refractivity contribution is 7.09. The number of thiazole rings is 1. The first-order valence-corrected chi connectivity index (χ1v) is 7.79. The van der Waals surface area contributed by atoms with Crippen LogP contribution in [0.25, 0.3) is 0 Å². The highest BCUT2D eigenvalue weighted by Crippen LogP contribution is 2.22. The smallest absolute Gasteiger partial charge is 0.246 e. The molecule has 1 heterocycles. The number of hydrogen-bond donors (Lipinski definition) is 1. The summed E-state index contributed by atoms with van der Waals surface area (Å²) in [5.74, 6) is -0.205. The first-order valence-electron chi connectivity index (χ1n) is 6.15. The maximum Gasteiger partial charge on any atom is 0.246 e. The second-order valence-corrected chi connectivity index (χ2v) is 6.18. The Bertz CT molecular complexity index is 697. The van der Waals surface area contributed by atoms with Crippen LogP contribution >= 0.6 is 34.5 Å². The molecular formula is C14H13Cl2N3OS. The fourth-order valence-corrected chi connectivity index (χ4v) is 2.66. The van der Waals surface area contributed by atoms with E-state index in [2.05, 4.69) is 15.5 Å². The summed E-state index contributed by atoms with van der Waals surface area (Å²) in [6.07, 6.45) is 0.219. The van der Waals surface area contributed by atoms with E-state index in [0.29, 0.717) is 15.8 Å². The first-order chi connectivity index (χ1) is 9.95. The minimum Gasteiger partial charge on any atom is -0.273 e. The highest BCUT2D eigenvalue weighted by atomic mass is 35.5. The number of hydrogen-bond acceptors (Lipinski definition) is 4. The summed E-state index contributed by atoms with van der Waals surface area (Å²) >= 11 is 13.3. The van der Waals surface area contributed by atoms with E-state index in [1.165, 1.54) is 11.3 Å². The van der Waals surface area contributed by atoms with Gasteiger partial charge in [-0.05, 0) is 31.5 Å². The molecule has 0 atom stereocenters. The maximum atomic E-state index is 11.8. The van der Waals surface area contributed by atoms with Gasteiger partial charge in [0.15, 0.2) is 0 Å². The summed E-state index contributed by atoms with van der Waals surface area (Å²) in [4.78, 5) is 16.0. The van der Waals surface area contributed by atoms with Crippen molar-refractivity contribution in [3.8, 4) is 0 Å². The molecule has 0 aliphatic rings. The molecule has 0 fully saturated rings.